The second-order valence-electron chi connectivity index (χ2n) is 4.19. The molecular formula is C12H16N2O4. The molecule has 98 valence electrons. The molecule has 6 heteroatoms. The van der Waals surface area contributed by atoms with Crippen molar-refractivity contribution in [3.8, 4) is 0 Å². The number of hydrogen-bond donors (Lipinski definition) is 4. The molecule has 0 saturated carbocycles. The van der Waals surface area contributed by atoms with Gasteiger partial charge in [-0.25, -0.2) is 4.79 Å². The standard InChI is InChI=1S/C12H16N2O4/c1-12(18,11(16)17)7-14-10(15)9(13)8-5-3-2-4-6-8/h2-6,9,18H,7,13H2,1H3,(H,14,15)(H,16,17)/t9-,12?/m0/s1. The second kappa shape index (κ2) is 5.61. The van der Waals surface area contributed by atoms with Gasteiger partial charge in [0.15, 0.2) is 5.60 Å². The summed E-state index contributed by atoms with van der Waals surface area (Å²) in [6.45, 7) is 0.700. The van der Waals surface area contributed by atoms with E-state index in [1.807, 2.05) is 0 Å². The van der Waals surface area contributed by atoms with Crippen molar-refractivity contribution in [2.75, 3.05) is 6.54 Å². The Labute approximate surface area is 104 Å². The van der Waals surface area contributed by atoms with Crippen LogP contribution in [0.15, 0.2) is 30.3 Å². The first-order chi connectivity index (χ1) is 8.34. The highest BCUT2D eigenvalue weighted by Gasteiger charge is 2.31. The van der Waals surface area contributed by atoms with E-state index >= 15 is 0 Å². The van der Waals surface area contributed by atoms with E-state index in [2.05, 4.69) is 5.32 Å². The summed E-state index contributed by atoms with van der Waals surface area (Å²) >= 11 is 0. The fourth-order valence-corrected chi connectivity index (χ4v) is 1.26. The van der Waals surface area contributed by atoms with Crippen LogP contribution in [0.2, 0.25) is 0 Å². The van der Waals surface area contributed by atoms with Crippen LogP contribution < -0.4 is 11.1 Å². The Bertz CT molecular complexity index is 431. The summed E-state index contributed by atoms with van der Waals surface area (Å²) < 4.78 is 0. The molecule has 0 saturated heterocycles. The van der Waals surface area contributed by atoms with Gasteiger partial charge in [-0.05, 0) is 12.5 Å². The van der Waals surface area contributed by atoms with E-state index in [9.17, 15) is 14.7 Å². The number of hydrogen-bond acceptors (Lipinski definition) is 4. The van der Waals surface area contributed by atoms with E-state index in [4.69, 9.17) is 10.8 Å². The van der Waals surface area contributed by atoms with Gasteiger partial charge >= 0.3 is 5.97 Å². The number of nitrogens with one attached hydrogen (secondary N) is 1. The lowest BCUT2D eigenvalue weighted by Gasteiger charge is -2.20. The number of aliphatic hydroxyl groups is 1. The van der Waals surface area contributed by atoms with Gasteiger partial charge in [-0.2, -0.15) is 0 Å². The fourth-order valence-electron chi connectivity index (χ4n) is 1.26. The number of carboxylic acid groups (broad SMARTS) is 1. The SMILES string of the molecule is CC(O)(CNC(=O)[C@@H](N)c1ccccc1)C(=O)O. The van der Waals surface area contributed by atoms with Crippen LogP contribution in [0.1, 0.15) is 18.5 Å². The van der Waals surface area contributed by atoms with Crippen molar-refractivity contribution in [2.45, 2.75) is 18.6 Å². The quantitative estimate of drug-likeness (QED) is 0.571. The molecule has 1 unspecified atom stereocenters. The van der Waals surface area contributed by atoms with Crippen molar-refractivity contribution < 1.29 is 19.8 Å². The molecule has 0 aliphatic carbocycles. The van der Waals surface area contributed by atoms with E-state index < -0.39 is 30.1 Å². The molecular weight excluding hydrogens is 236 g/mol. The largest absolute Gasteiger partial charge is 0.479 e. The number of carbonyl (C=O) groups excluding carboxylic acids is 1. The topological polar surface area (TPSA) is 113 Å². The maximum absolute atomic E-state index is 11.7. The minimum atomic E-state index is -2.01. The summed E-state index contributed by atoms with van der Waals surface area (Å²) in [7, 11) is 0. The van der Waals surface area contributed by atoms with Crippen LogP contribution in [-0.4, -0.2) is 34.2 Å². The van der Waals surface area contributed by atoms with Crippen molar-refractivity contribution >= 4 is 11.9 Å². The highest BCUT2D eigenvalue weighted by Crippen LogP contribution is 2.10. The molecule has 1 aromatic rings. The molecule has 0 spiro atoms. The van der Waals surface area contributed by atoms with Crippen LogP contribution in [-0.2, 0) is 9.59 Å². The Morgan fingerprint density at radius 2 is 1.94 bits per heavy atom. The second-order valence-corrected chi connectivity index (χ2v) is 4.19. The Morgan fingerprint density at radius 1 is 1.39 bits per heavy atom. The maximum Gasteiger partial charge on any atom is 0.337 e. The van der Waals surface area contributed by atoms with Gasteiger partial charge in [0.25, 0.3) is 0 Å². The number of amides is 1. The summed E-state index contributed by atoms with van der Waals surface area (Å²) in [4.78, 5) is 22.3. The third-order valence-corrected chi connectivity index (χ3v) is 2.51. The summed E-state index contributed by atoms with van der Waals surface area (Å²) in [6.07, 6.45) is 0. The minimum Gasteiger partial charge on any atom is -0.479 e. The number of benzene rings is 1. The monoisotopic (exact) mass is 252 g/mol. The molecule has 1 amide bonds. The highest BCUT2D eigenvalue weighted by atomic mass is 16.4. The molecule has 1 aromatic carbocycles. The van der Waals surface area contributed by atoms with E-state index in [0.717, 1.165) is 6.92 Å². The number of carboxylic acids is 1. The van der Waals surface area contributed by atoms with Crippen LogP contribution in [0.5, 0.6) is 0 Å². The maximum atomic E-state index is 11.7. The molecule has 6 nitrogen and oxygen atoms in total. The molecule has 0 heterocycles. The van der Waals surface area contributed by atoms with Gasteiger partial charge in [0.2, 0.25) is 5.91 Å². The molecule has 18 heavy (non-hydrogen) atoms. The number of nitrogens with two attached hydrogens (primary N) is 1. The van der Waals surface area contributed by atoms with Crippen LogP contribution in [0.3, 0.4) is 0 Å². The van der Waals surface area contributed by atoms with Crippen molar-refractivity contribution in [2.24, 2.45) is 5.73 Å². The van der Waals surface area contributed by atoms with E-state index in [0.29, 0.717) is 5.56 Å². The van der Waals surface area contributed by atoms with Gasteiger partial charge in [0.05, 0.1) is 6.54 Å². The van der Waals surface area contributed by atoms with Crippen LogP contribution >= 0.6 is 0 Å². The summed E-state index contributed by atoms with van der Waals surface area (Å²) in [5, 5.41) is 20.4. The van der Waals surface area contributed by atoms with Crippen molar-refractivity contribution in [1.82, 2.24) is 5.32 Å². The Balaban J connectivity index is 2.59. The zero-order valence-corrected chi connectivity index (χ0v) is 9.96. The Morgan fingerprint density at radius 3 is 2.44 bits per heavy atom. The lowest BCUT2D eigenvalue weighted by molar-refractivity contribution is -0.156. The molecule has 0 fully saturated rings. The molecule has 0 radical (unpaired) electrons. The van der Waals surface area contributed by atoms with Crippen molar-refractivity contribution in [3.63, 3.8) is 0 Å². The van der Waals surface area contributed by atoms with Crippen LogP contribution in [0.4, 0.5) is 0 Å². The third-order valence-electron chi connectivity index (χ3n) is 2.51. The average Bonchev–Trinajstić information content (AvgIpc) is 2.36. The van der Waals surface area contributed by atoms with Gasteiger partial charge in [0, 0.05) is 0 Å². The number of rotatable bonds is 5. The van der Waals surface area contributed by atoms with Crippen LogP contribution in [0.25, 0.3) is 0 Å². The smallest absolute Gasteiger partial charge is 0.337 e. The van der Waals surface area contributed by atoms with Crippen LogP contribution in [0, 0.1) is 0 Å². The Hall–Kier alpha value is -1.92. The molecule has 0 aliphatic rings. The Kier molecular flexibility index (Phi) is 4.41. The van der Waals surface area contributed by atoms with Crippen molar-refractivity contribution in [1.29, 1.82) is 0 Å². The first-order valence-corrected chi connectivity index (χ1v) is 5.38. The zero-order valence-electron chi connectivity index (χ0n) is 9.96. The number of carbonyl (C=O) groups is 2. The zero-order chi connectivity index (χ0) is 13.8. The van der Waals surface area contributed by atoms with Crippen molar-refractivity contribution in [3.05, 3.63) is 35.9 Å². The summed E-state index contributed by atoms with van der Waals surface area (Å²) in [5.41, 5.74) is 4.31. The fraction of sp³-hybridized carbons (Fsp3) is 0.333. The van der Waals surface area contributed by atoms with Gasteiger partial charge in [0.1, 0.15) is 6.04 Å². The predicted octanol–water partition coefficient (Wildman–Crippen LogP) is -0.362. The van der Waals surface area contributed by atoms with Gasteiger partial charge < -0.3 is 21.3 Å². The first kappa shape index (κ1) is 14.1. The number of aliphatic carboxylic acids is 1. The van der Waals surface area contributed by atoms with E-state index in [1.54, 1.807) is 30.3 Å². The highest BCUT2D eigenvalue weighted by molar-refractivity contribution is 5.84. The minimum absolute atomic E-state index is 0.401. The average molecular weight is 252 g/mol. The molecule has 0 bridgehead atoms. The molecule has 2 atom stereocenters. The summed E-state index contributed by atoms with van der Waals surface area (Å²) in [6, 6.07) is 7.78. The summed E-state index contributed by atoms with van der Waals surface area (Å²) in [5.74, 6) is -1.95. The molecule has 0 aromatic heterocycles. The first-order valence-electron chi connectivity index (χ1n) is 5.38. The van der Waals surface area contributed by atoms with E-state index in [1.165, 1.54) is 0 Å². The van der Waals surface area contributed by atoms with Gasteiger partial charge in [-0.15, -0.1) is 0 Å². The van der Waals surface area contributed by atoms with Gasteiger partial charge in [-0.1, -0.05) is 30.3 Å². The third kappa shape index (κ3) is 3.54. The molecule has 1 rings (SSSR count). The predicted molar refractivity (Wildman–Crippen MR) is 64.6 cm³/mol. The molecule has 5 N–H and O–H groups in total. The normalized spacial score (nSPS) is 15.5. The lowest BCUT2D eigenvalue weighted by Crippen LogP contribution is -2.48. The lowest BCUT2D eigenvalue weighted by atomic mass is 10.1. The molecule has 0 aliphatic heterocycles. The van der Waals surface area contributed by atoms with Gasteiger partial charge in [-0.3, -0.25) is 4.79 Å². The van der Waals surface area contributed by atoms with E-state index in [-0.39, 0.29) is 0 Å².